The molecule has 0 bridgehead atoms. The number of hydrogen-bond acceptors (Lipinski definition) is 7. The quantitative estimate of drug-likeness (QED) is 0.510. The monoisotopic (exact) mass is 479 g/mol. The van der Waals surface area contributed by atoms with E-state index in [0.717, 1.165) is 31.4 Å². The number of aromatic nitrogens is 3. The van der Waals surface area contributed by atoms with E-state index >= 15 is 0 Å². The molecule has 3 heterocycles. The third kappa shape index (κ3) is 6.33. The van der Waals surface area contributed by atoms with Crippen LogP contribution in [0.1, 0.15) is 49.6 Å². The molecule has 1 aromatic carbocycles. The summed E-state index contributed by atoms with van der Waals surface area (Å²) in [6.07, 6.45) is 7.35. The summed E-state index contributed by atoms with van der Waals surface area (Å²) in [7, 11) is 1.96. The third-order valence-corrected chi connectivity index (χ3v) is 6.89. The number of thiazole rings is 1. The molecule has 7 nitrogen and oxygen atoms in total. The number of nitrogens with zero attached hydrogens (tertiary/aromatic N) is 4. The second-order valence-electron chi connectivity index (χ2n) is 8.72. The van der Waals surface area contributed by atoms with Crippen molar-refractivity contribution in [2.24, 2.45) is 5.92 Å². The standard InChI is InChI=1S/C14H19N3O2.C12H14N2S/c1-10(2)13(12-8-15-5-6-16-12)14(19)17-7-3-4-11(17)9-18;1-9-12(15-8-14-9)11-5-3-10(4-6-11)7-13-2/h5-6,8-11,13H,3-4,7H2,1-2H3;3-6,8,13H,7H2,1-2H3. The van der Waals surface area contributed by atoms with Gasteiger partial charge in [-0.1, -0.05) is 38.1 Å². The van der Waals surface area contributed by atoms with Crippen molar-refractivity contribution in [1.29, 1.82) is 0 Å². The van der Waals surface area contributed by atoms with Gasteiger partial charge in [-0.2, -0.15) is 0 Å². The highest BCUT2D eigenvalue weighted by Gasteiger charge is 2.35. The van der Waals surface area contributed by atoms with Crippen LogP contribution in [0.4, 0.5) is 0 Å². The molecule has 8 heteroatoms. The first-order chi connectivity index (χ1) is 16.5. The zero-order valence-electron chi connectivity index (χ0n) is 20.3. The lowest BCUT2D eigenvalue weighted by atomic mass is 9.91. The Kier molecular flexibility index (Phi) is 9.42. The van der Waals surface area contributed by atoms with Gasteiger partial charge in [0.2, 0.25) is 5.91 Å². The molecule has 4 rings (SSSR count). The van der Waals surface area contributed by atoms with E-state index in [0.29, 0.717) is 12.2 Å². The van der Waals surface area contributed by atoms with Crippen molar-refractivity contribution in [1.82, 2.24) is 25.2 Å². The number of carbonyl (C=O) groups is 2. The van der Waals surface area contributed by atoms with Crippen molar-refractivity contribution in [2.75, 3.05) is 13.6 Å². The molecule has 1 aliphatic rings. The molecule has 2 aromatic heterocycles. The minimum Gasteiger partial charge on any atom is -0.332 e. The van der Waals surface area contributed by atoms with Crippen molar-refractivity contribution in [2.45, 2.75) is 52.1 Å². The van der Waals surface area contributed by atoms with Crippen LogP contribution in [-0.4, -0.2) is 51.7 Å². The van der Waals surface area contributed by atoms with Crippen LogP contribution in [0, 0.1) is 12.8 Å². The van der Waals surface area contributed by atoms with Gasteiger partial charge in [0.15, 0.2) is 0 Å². The maximum atomic E-state index is 12.7. The number of benzene rings is 1. The lowest BCUT2D eigenvalue weighted by molar-refractivity contribution is -0.137. The lowest BCUT2D eigenvalue weighted by Gasteiger charge is -2.27. The van der Waals surface area contributed by atoms with E-state index < -0.39 is 0 Å². The Bertz CT molecular complexity index is 1050. The fraction of sp³-hybridized carbons (Fsp3) is 0.423. The normalized spacial score (nSPS) is 16.1. The van der Waals surface area contributed by atoms with E-state index in [9.17, 15) is 9.59 Å². The van der Waals surface area contributed by atoms with Crippen molar-refractivity contribution in [3.05, 3.63) is 65.3 Å². The van der Waals surface area contributed by atoms with E-state index in [1.165, 1.54) is 16.0 Å². The molecule has 1 N–H and O–H groups in total. The Morgan fingerprint density at radius 1 is 1.24 bits per heavy atom. The van der Waals surface area contributed by atoms with Crippen LogP contribution < -0.4 is 5.32 Å². The summed E-state index contributed by atoms with van der Waals surface area (Å²) in [6, 6.07) is 8.36. The maximum absolute atomic E-state index is 12.7. The number of aryl methyl sites for hydroxylation is 1. The second-order valence-corrected chi connectivity index (χ2v) is 9.58. The first-order valence-corrected chi connectivity index (χ1v) is 12.5. The number of aldehydes is 1. The van der Waals surface area contributed by atoms with Gasteiger partial charge in [0.05, 0.1) is 33.7 Å². The zero-order valence-corrected chi connectivity index (χ0v) is 21.1. The molecule has 1 saturated heterocycles. The molecular weight excluding hydrogens is 446 g/mol. The molecule has 180 valence electrons. The Morgan fingerprint density at radius 2 is 2.00 bits per heavy atom. The highest BCUT2D eigenvalue weighted by molar-refractivity contribution is 7.13. The summed E-state index contributed by atoms with van der Waals surface area (Å²) in [5.74, 6) is -0.212. The van der Waals surface area contributed by atoms with Gasteiger partial charge >= 0.3 is 0 Å². The van der Waals surface area contributed by atoms with Crippen molar-refractivity contribution >= 4 is 23.5 Å². The molecule has 3 aromatic rings. The molecule has 0 aliphatic carbocycles. The Balaban J connectivity index is 0.000000196. The van der Waals surface area contributed by atoms with Crippen LogP contribution in [-0.2, 0) is 16.1 Å². The molecule has 0 spiro atoms. The largest absolute Gasteiger partial charge is 0.332 e. The second kappa shape index (κ2) is 12.5. The summed E-state index contributed by atoms with van der Waals surface area (Å²) < 4.78 is 0. The van der Waals surface area contributed by atoms with Gasteiger partial charge in [0.25, 0.3) is 0 Å². The Hall–Kier alpha value is -2.97. The molecule has 1 amide bonds. The predicted molar refractivity (Wildman–Crippen MR) is 135 cm³/mol. The van der Waals surface area contributed by atoms with Gasteiger partial charge in [-0.05, 0) is 43.9 Å². The number of rotatable bonds is 7. The predicted octanol–water partition coefficient (Wildman–Crippen LogP) is 4.24. The van der Waals surface area contributed by atoms with E-state index in [-0.39, 0.29) is 23.8 Å². The molecule has 0 radical (unpaired) electrons. The highest BCUT2D eigenvalue weighted by Crippen LogP contribution is 2.29. The average Bonchev–Trinajstić information content (AvgIpc) is 3.50. The molecule has 1 fully saturated rings. The van der Waals surface area contributed by atoms with Gasteiger partial charge in [-0.25, -0.2) is 4.98 Å². The minimum atomic E-state index is -0.325. The smallest absolute Gasteiger partial charge is 0.232 e. The molecule has 2 atom stereocenters. The van der Waals surface area contributed by atoms with Crippen LogP contribution in [0.5, 0.6) is 0 Å². The van der Waals surface area contributed by atoms with Crippen LogP contribution >= 0.6 is 11.3 Å². The number of nitrogens with one attached hydrogen (secondary N) is 1. The van der Waals surface area contributed by atoms with Gasteiger partial charge in [-0.3, -0.25) is 14.8 Å². The number of amides is 1. The summed E-state index contributed by atoms with van der Waals surface area (Å²) in [5, 5.41) is 3.14. The SMILES string of the molecule is CC(C)C(C(=O)N1CCCC1C=O)c1cnccn1.CNCc1ccc(-c2scnc2C)cc1. The van der Waals surface area contributed by atoms with Crippen LogP contribution in [0.3, 0.4) is 0 Å². The minimum absolute atomic E-state index is 0.00917. The van der Waals surface area contributed by atoms with Crippen molar-refractivity contribution in [3.8, 4) is 10.4 Å². The van der Waals surface area contributed by atoms with E-state index in [1.54, 1.807) is 34.8 Å². The summed E-state index contributed by atoms with van der Waals surface area (Å²) in [6.45, 7) is 7.60. The van der Waals surface area contributed by atoms with Crippen LogP contribution in [0.15, 0.2) is 48.4 Å². The molecule has 1 aliphatic heterocycles. The zero-order chi connectivity index (χ0) is 24.5. The number of likely N-dealkylation sites (tertiary alicyclic amines) is 1. The van der Waals surface area contributed by atoms with E-state index in [1.807, 2.05) is 33.3 Å². The van der Waals surface area contributed by atoms with Gasteiger partial charge in [-0.15, -0.1) is 11.3 Å². The average molecular weight is 480 g/mol. The lowest BCUT2D eigenvalue weighted by Crippen LogP contribution is -2.41. The van der Waals surface area contributed by atoms with Gasteiger partial charge < -0.3 is 15.0 Å². The molecule has 34 heavy (non-hydrogen) atoms. The summed E-state index contributed by atoms with van der Waals surface area (Å²) in [4.78, 5) is 39.2. The van der Waals surface area contributed by atoms with E-state index in [2.05, 4.69) is 44.5 Å². The molecular formula is C26H33N5O2S. The maximum Gasteiger partial charge on any atom is 0.232 e. The fourth-order valence-corrected chi connectivity index (χ4v) is 4.98. The Labute approximate surface area is 205 Å². The highest BCUT2D eigenvalue weighted by atomic mass is 32.1. The van der Waals surface area contributed by atoms with Crippen LogP contribution in [0.2, 0.25) is 0 Å². The molecule has 2 unspecified atom stereocenters. The third-order valence-electron chi connectivity index (χ3n) is 5.92. The topological polar surface area (TPSA) is 88.1 Å². The summed E-state index contributed by atoms with van der Waals surface area (Å²) in [5.41, 5.74) is 6.25. The number of hydrogen-bond donors (Lipinski definition) is 1. The first-order valence-electron chi connectivity index (χ1n) is 11.6. The number of carbonyl (C=O) groups excluding carboxylic acids is 2. The summed E-state index contributed by atoms with van der Waals surface area (Å²) >= 11 is 1.70. The van der Waals surface area contributed by atoms with Gasteiger partial charge in [0.1, 0.15) is 6.29 Å². The van der Waals surface area contributed by atoms with Crippen LogP contribution in [0.25, 0.3) is 10.4 Å². The first kappa shape index (κ1) is 25.6. The van der Waals surface area contributed by atoms with Gasteiger partial charge in [0, 0.05) is 31.7 Å². The van der Waals surface area contributed by atoms with Crippen molar-refractivity contribution in [3.63, 3.8) is 0 Å². The van der Waals surface area contributed by atoms with Crippen molar-refractivity contribution < 1.29 is 9.59 Å². The van der Waals surface area contributed by atoms with E-state index in [4.69, 9.17) is 0 Å². The Morgan fingerprint density at radius 3 is 2.56 bits per heavy atom. The molecule has 0 saturated carbocycles. The fourth-order valence-electron chi connectivity index (χ4n) is 4.17.